The summed E-state index contributed by atoms with van der Waals surface area (Å²) in [6.45, 7) is 15.5. The summed E-state index contributed by atoms with van der Waals surface area (Å²) in [6.07, 6.45) is 4.13. The van der Waals surface area contributed by atoms with Crippen molar-refractivity contribution in [3.05, 3.63) is 24.4 Å². The summed E-state index contributed by atoms with van der Waals surface area (Å²) in [5.41, 5.74) is 1.66. The van der Waals surface area contributed by atoms with Crippen LogP contribution in [0.3, 0.4) is 0 Å². The minimum absolute atomic E-state index is 0.216. The average Bonchev–Trinajstić information content (AvgIpc) is 2.45. The molecule has 0 bridgehead atoms. The first-order valence-corrected chi connectivity index (χ1v) is 7.21. The van der Waals surface area contributed by atoms with Gasteiger partial charge >= 0.3 is 0 Å². The Morgan fingerprint density at radius 3 is 2.20 bits per heavy atom. The van der Waals surface area contributed by atoms with Gasteiger partial charge in [0.1, 0.15) is 0 Å². The Morgan fingerprint density at radius 2 is 1.80 bits per heavy atom. The van der Waals surface area contributed by atoms with Crippen LogP contribution >= 0.6 is 0 Å². The number of nitrogens with zero attached hydrogens (tertiary/aromatic N) is 1. The molecule has 1 aliphatic rings. The number of allylic oxidation sites excluding steroid dienone is 2. The number of nitrogens with one attached hydrogen (secondary N) is 1. The molecule has 0 saturated carbocycles. The van der Waals surface area contributed by atoms with E-state index in [1.54, 1.807) is 12.3 Å². The monoisotopic (exact) mass is 280 g/mol. The second kappa shape index (κ2) is 12.3. The molecular weight excluding hydrogens is 252 g/mol. The normalized spacial score (nSPS) is 17.7. The standard InChI is InChI=1S/C12H16N2O2.2C2H6/c1-4-10(13-7-8(2)3)9-5-6-11(15)14-12(9)16;2*1-2/h4,7,9H,1,5-6H2,2-3H3,(H,14,15,16);2*1-2H3. The zero-order chi connectivity index (χ0) is 16.1. The highest BCUT2D eigenvalue weighted by Gasteiger charge is 2.29. The van der Waals surface area contributed by atoms with Gasteiger partial charge in [-0.3, -0.25) is 19.9 Å². The van der Waals surface area contributed by atoms with Crippen molar-refractivity contribution in [2.45, 2.75) is 54.4 Å². The highest BCUT2D eigenvalue weighted by molar-refractivity contribution is 6.14. The Bertz CT molecular complexity index is 378. The highest BCUT2D eigenvalue weighted by atomic mass is 16.2. The van der Waals surface area contributed by atoms with Gasteiger partial charge in [0.2, 0.25) is 11.8 Å². The lowest BCUT2D eigenvalue weighted by Gasteiger charge is -2.20. The van der Waals surface area contributed by atoms with Crippen LogP contribution in [0.4, 0.5) is 0 Å². The van der Waals surface area contributed by atoms with E-state index in [9.17, 15) is 9.59 Å². The van der Waals surface area contributed by atoms with Crippen molar-refractivity contribution < 1.29 is 9.59 Å². The van der Waals surface area contributed by atoms with Crippen molar-refractivity contribution in [1.82, 2.24) is 5.32 Å². The molecule has 0 aromatic rings. The third-order valence-electron chi connectivity index (χ3n) is 2.28. The van der Waals surface area contributed by atoms with Gasteiger partial charge in [-0.2, -0.15) is 0 Å². The quantitative estimate of drug-likeness (QED) is 0.633. The van der Waals surface area contributed by atoms with Gasteiger partial charge in [-0.15, -0.1) is 0 Å². The number of amides is 2. The summed E-state index contributed by atoms with van der Waals surface area (Å²) in [5.74, 6) is -0.852. The Kier molecular flexibility index (Phi) is 12.7. The third kappa shape index (κ3) is 7.67. The van der Waals surface area contributed by atoms with Gasteiger partial charge in [0.05, 0.1) is 11.6 Å². The second-order valence-corrected chi connectivity index (χ2v) is 3.97. The van der Waals surface area contributed by atoms with Crippen molar-refractivity contribution in [2.24, 2.45) is 10.9 Å². The SMILES string of the molecule is C=CC(=NC=C(C)C)C1CCC(=O)NC1=O.CC.CC. The molecule has 1 unspecified atom stereocenters. The predicted octanol–water partition coefficient (Wildman–Crippen LogP) is 3.64. The fourth-order valence-corrected chi connectivity index (χ4v) is 1.46. The van der Waals surface area contributed by atoms with E-state index in [1.807, 2.05) is 41.5 Å². The topological polar surface area (TPSA) is 58.5 Å². The van der Waals surface area contributed by atoms with Crippen molar-refractivity contribution in [2.75, 3.05) is 0 Å². The summed E-state index contributed by atoms with van der Waals surface area (Å²) < 4.78 is 0. The minimum atomic E-state index is -0.356. The van der Waals surface area contributed by atoms with Gasteiger partial charge in [-0.05, 0) is 26.3 Å². The van der Waals surface area contributed by atoms with E-state index in [4.69, 9.17) is 0 Å². The fraction of sp³-hybridized carbons (Fsp3) is 0.562. The molecule has 1 heterocycles. The maximum absolute atomic E-state index is 11.6. The Morgan fingerprint density at radius 1 is 1.25 bits per heavy atom. The maximum Gasteiger partial charge on any atom is 0.235 e. The Hall–Kier alpha value is -1.71. The molecule has 0 aromatic carbocycles. The van der Waals surface area contributed by atoms with Gasteiger partial charge in [-0.1, -0.05) is 39.8 Å². The molecule has 0 aromatic heterocycles. The Labute approximate surface area is 123 Å². The summed E-state index contributed by atoms with van der Waals surface area (Å²) >= 11 is 0. The number of aliphatic imine (C=N–C) groups is 1. The van der Waals surface area contributed by atoms with Crippen LogP contribution in [-0.2, 0) is 9.59 Å². The van der Waals surface area contributed by atoms with Crippen molar-refractivity contribution in [3.63, 3.8) is 0 Å². The molecule has 0 radical (unpaired) electrons. The first-order valence-electron chi connectivity index (χ1n) is 7.21. The molecule has 0 aliphatic carbocycles. The molecule has 1 saturated heterocycles. The molecule has 0 spiro atoms. The molecule has 1 fully saturated rings. The van der Waals surface area contributed by atoms with E-state index in [1.165, 1.54) is 0 Å². The number of imide groups is 1. The van der Waals surface area contributed by atoms with E-state index in [-0.39, 0.29) is 17.7 Å². The van der Waals surface area contributed by atoms with Crippen LogP contribution < -0.4 is 5.32 Å². The van der Waals surface area contributed by atoms with Crippen LogP contribution in [0.15, 0.2) is 29.4 Å². The van der Waals surface area contributed by atoms with E-state index in [2.05, 4.69) is 16.9 Å². The van der Waals surface area contributed by atoms with Crippen molar-refractivity contribution >= 4 is 17.5 Å². The molecule has 20 heavy (non-hydrogen) atoms. The minimum Gasteiger partial charge on any atom is -0.296 e. The molecule has 2 amide bonds. The lowest BCUT2D eigenvalue weighted by molar-refractivity contribution is -0.134. The van der Waals surface area contributed by atoms with Gasteiger partial charge in [0.25, 0.3) is 0 Å². The lowest BCUT2D eigenvalue weighted by atomic mass is 9.93. The molecule has 4 nitrogen and oxygen atoms in total. The van der Waals surface area contributed by atoms with Gasteiger partial charge < -0.3 is 0 Å². The summed E-state index contributed by atoms with van der Waals surface area (Å²) in [6, 6.07) is 0. The van der Waals surface area contributed by atoms with Gasteiger partial charge in [0, 0.05) is 12.6 Å². The molecule has 1 aliphatic heterocycles. The van der Waals surface area contributed by atoms with Crippen LogP contribution in [0.1, 0.15) is 54.4 Å². The fourth-order valence-electron chi connectivity index (χ4n) is 1.46. The van der Waals surface area contributed by atoms with Gasteiger partial charge in [0.15, 0.2) is 0 Å². The van der Waals surface area contributed by atoms with Crippen LogP contribution in [0.2, 0.25) is 0 Å². The van der Waals surface area contributed by atoms with Crippen LogP contribution in [0.25, 0.3) is 0 Å². The smallest absolute Gasteiger partial charge is 0.235 e. The van der Waals surface area contributed by atoms with Crippen LogP contribution in [0, 0.1) is 5.92 Å². The number of carbonyl (C=O) groups is 2. The zero-order valence-electron chi connectivity index (χ0n) is 13.6. The van der Waals surface area contributed by atoms with E-state index >= 15 is 0 Å². The number of hydrogen-bond donors (Lipinski definition) is 1. The van der Waals surface area contributed by atoms with Crippen molar-refractivity contribution in [3.8, 4) is 0 Å². The first kappa shape index (κ1) is 20.6. The van der Waals surface area contributed by atoms with Crippen LogP contribution in [-0.4, -0.2) is 17.5 Å². The summed E-state index contributed by atoms with van der Waals surface area (Å²) in [5, 5.41) is 2.30. The predicted molar refractivity (Wildman–Crippen MR) is 85.6 cm³/mol. The Balaban J connectivity index is 0. The molecule has 1 atom stereocenters. The number of piperidine rings is 1. The lowest BCUT2D eigenvalue weighted by Crippen LogP contribution is -2.43. The zero-order valence-corrected chi connectivity index (χ0v) is 13.6. The number of carbonyl (C=O) groups excluding carboxylic acids is 2. The molecule has 1 rings (SSSR count). The first-order chi connectivity index (χ1) is 9.54. The third-order valence-corrected chi connectivity index (χ3v) is 2.28. The highest BCUT2D eigenvalue weighted by Crippen LogP contribution is 2.15. The largest absolute Gasteiger partial charge is 0.296 e. The second-order valence-electron chi connectivity index (χ2n) is 3.97. The summed E-state index contributed by atoms with van der Waals surface area (Å²) in [4.78, 5) is 26.8. The van der Waals surface area contributed by atoms with E-state index in [0.717, 1.165) is 5.57 Å². The maximum atomic E-state index is 11.6. The van der Waals surface area contributed by atoms with Gasteiger partial charge in [-0.25, -0.2) is 0 Å². The van der Waals surface area contributed by atoms with E-state index < -0.39 is 0 Å². The van der Waals surface area contributed by atoms with E-state index in [0.29, 0.717) is 18.6 Å². The molecule has 114 valence electrons. The molecule has 4 heteroatoms. The molecular formula is C16H28N2O2. The number of hydrogen-bond acceptors (Lipinski definition) is 3. The molecule has 1 N–H and O–H groups in total. The summed E-state index contributed by atoms with van der Waals surface area (Å²) in [7, 11) is 0. The van der Waals surface area contributed by atoms with Crippen molar-refractivity contribution in [1.29, 1.82) is 0 Å². The number of rotatable bonds is 3. The average molecular weight is 280 g/mol. The van der Waals surface area contributed by atoms with Crippen LogP contribution in [0.5, 0.6) is 0 Å².